The van der Waals surface area contributed by atoms with Crippen LogP contribution in [0.1, 0.15) is 13.8 Å². The summed E-state index contributed by atoms with van der Waals surface area (Å²) < 4.78 is 27.5. The molecule has 0 amide bonds. The topological polar surface area (TPSA) is 85.1 Å². The summed E-state index contributed by atoms with van der Waals surface area (Å²) in [5.74, 6) is 0. The highest BCUT2D eigenvalue weighted by Gasteiger charge is 2.29. The highest BCUT2D eigenvalue weighted by molar-refractivity contribution is 7.90. The fourth-order valence-corrected chi connectivity index (χ4v) is 3.48. The summed E-state index contributed by atoms with van der Waals surface area (Å²) in [4.78, 5) is 4.39. The van der Waals surface area contributed by atoms with Gasteiger partial charge < -0.3 is 5.73 Å². The van der Waals surface area contributed by atoms with Crippen LogP contribution in [0.4, 0.5) is 0 Å². The van der Waals surface area contributed by atoms with Crippen LogP contribution in [-0.2, 0) is 10.0 Å². The Balaban J connectivity index is 2.56. The van der Waals surface area contributed by atoms with Crippen LogP contribution < -0.4 is 10.5 Å². The molecule has 0 aliphatic heterocycles. The van der Waals surface area contributed by atoms with Crippen molar-refractivity contribution in [1.82, 2.24) is 9.71 Å². The number of aromatic nitrogens is 1. The van der Waals surface area contributed by atoms with Gasteiger partial charge in [-0.2, -0.15) is 4.72 Å². The van der Waals surface area contributed by atoms with Gasteiger partial charge in [-0.3, -0.25) is 4.98 Å². The third-order valence-electron chi connectivity index (χ3n) is 2.90. The molecule has 1 aromatic heterocycles. The molecule has 2 aromatic rings. The fraction of sp³-hybridized carbons (Fsp3) is 0.231. The average Bonchev–Trinajstić information content (AvgIpc) is 2.36. The second-order valence-electron chi connectivity index (χ2n) is 4.92. The molecule has 2 rings (SSSR count). The van der Waals surface area contributed by atoms with Crippen molar-refractivity contribution in [3.63, 3.8) is 0 Å². The van der Waals surface area contributed by atoms with Crippen molar-refractivity contribution in [3.05, 3.63) is 36.5 Å². The minimum atomic E-state index is -3.75. The number of rotatable bonds is 4. The van der Waals surface area contributed by atoms with E-state index in [2.05, 4.69) is 9.71 Å². The standard InChI is InChI=1S/C13H15N3O2S2/c1-13(2,12(14)19)16-20(17,18)11-7-3-6-10-9(11)5-4-8-15-10/h3-8,16H,1-2H3,(H2,14,19). The molecule has 0 saturated carbocycles. The number of nitrogens with one attached hydrogen (secondary N) is 1. The molecule has 5 nitrogen and oxygen atoms in total. The van der Waals surface area contributed by atoms with E-state index in [9.17, 15) is 8.42 Å². The van der Waals surface area contributed by atoms with Crippen molar-refractivity contribution in [2.45, 2.75) is 24.3 Å². The summed E-state index contributed by atoms with van der Waals surface area (Å²) in [6, 6.07) is 8.34. The van der Waals surface area contributed by atoms with E-state index in [1.54, 1.807) is 44.3 Å². The van der Waals surface area contributed by atoms with E-state index in [4.69, 9.17) is 18.0 Å². The van der Waals surface area contributed by atoms with Gasteiger partial charge in [-0.05, 0) is 38.1 Å². The smallest absolute Gasteiger partial charge is 0.242 e. The zero-order valence-corrected chi connectivity index (χ0v) is 12.8. The second-order valence-corrected chi connectivity index (χ2v) is 7.01. The molecule has 7 heteroatoms. The molecule has 3 N–H and O–H groups in total. The molecule has 0 aliphatic rings. The molecule has 0 bridgehead atoms. The van der Waals surface area contributed by atoms with Gasteiger partial charge in [0.25, 0.3) is 0 Å². The van der Waals surface area contributed by atoms with Gasteiger partial charge in [0.05, 0.1) is 20.9 Å². The second kappa shape index (κ2) is 5.08. The van der Waals surface area contributed by atoms with Crippen LogP contribution in [0.25, 0.3) is 10.9 Å². The normalized spacial score (nSPS) is 12.5. The van der Waals surface area contributed by atoms with Crippen molar-refractivity contribution in [1.29, 1.82) is 0 Å². The monoisotopic (exact) mass is 309 g/mol. The Morgan fingerprint density at radius 1 is 1.30 bits per heavy atom. The first-order valence-corrected chi connectivity index (χ1v) is 7.81. The molecule has 0 spiro atoms. The predicted molar refractivity (Wildman–Crippen MR) is 82.9 cm³/mol. The van der Waals surface area contributed by atoms with Gasteiger partial charge in [0, 0.05) is 11.6 Å². The maximum atomic E-state index is 12.5. The largest absolute Gasteiger partial charge is 0.392 e. The lowest BCUT2D eigenvalue weighted by molar-refractivity contribution is 0.547. The average molecular weight is 309 g/mol. The summed E-state index contributed by atoms with van der Waals surface area (Å²) in [6.07, 6.45) is 1.62. The van der Waals surface area contributed by atoms with Gasteiger partial charge in [-0.15, -0.1) is 0 Å². The van der Waals surface area contributed by atoms with E-state index in [-0.39, 0.29) is 9.88 Å². The highest BCUT2D eigenvalue weighted by Crippen LogP contribution is 2.22. The number of benzene rings is 1. The number of hydrogen-bond donors (Lipinski definition) is 2. The van der Waals surface area contributed by atoms with Gasteiger partial charge >= 0.3 is 0 Å². The highest BCUT2D eigenvalue weighted by atomic mass is 32.2. The number of pyridine rings is 1. The first-order chi connectivity index (χ1) is 9.24. The third-order valence-corrected chi connectivity index (χ3v) is 5.13. The number of sulfonamides is 1. The number of nitrogens with zero attached hydrogens (tertiary/aromatic N) is 1. The molecule has 1 aromatic carbocycles. The van der Waals surface area contributed by atoms with Crippen LogP contribution in [0.15, 0.2) is 41.4 Å². The van der Waals surface area contributed by atoms with Crippen molar-refractivity contribution < 1.29 is 8.42 Å². The summed E-state index contributed by atoms with van der Waals surface area (Å²) in [5.41, 5.74) is 5.17. The van der Waals surface area contributed by atoms with Crippen LogP contribution in [0.2, 0.25) is 0 Å². The molecular formula is C13H15N3O2S2. The van der Waals surface area contributed by atoms with Gasteiger partial charge in [-0.25, -0.2) is 8.42 Å². The van der Waals surface area contributed by atoms with Crippen LogP contribution >= 0.6 is 12.2 Å². The van der Waals surface area contributed by atoms with E-state index in [0.29, 0.717) is 10.9 Å². The summed E-state index contributed by atoms with van der Waals surface area (Å²) in [7, 11) is -3.75. The molecular weight excluding hydrogens is 294 g/mol. The molecule has 0 fully saturated rings. The lowest BCUT2D eigenvalue weighted by Gasteiger charge is -2.24. The molecule has 106 valence electrons. The van der Waals surface area contributed by atoms with Gasteiger partial charge in [0.1, 0.15) is 0 Å². The van der Waals surface area contributed by atoms with Crippen LogP contribution in [0.5, 0.6) is 0 Å². The van der Waals surface area contributed by atoms with Crippen molar-refractivity contribution in [3.8, 4) is 0 Å². The predicted octanol–water partition coefficient (Wildman–Crippen LogP) is 1.58. The molecule has 20 heavy (non-hydrogen) atoms. The Kier molecular flexibility index (Phi) is 3.77. The van der Waals surface area contributed by atoms with E-state index in [1.165, 1.54) is 6.07 Å². The summed E-state index contributed by atoms with van der Waals surface area (Å²) in [6.45, 7) is 3.24. The third kappa shape index (κ3) is 2.79. The van der Waals surface area contributed by atoms with Crippen molar-refractivity contribution >= 4 is 38.1 Å². The number of fused-ring (bicyclic) bond motifs is 1. The molecule has 0 aliphatic carbocycles. The quantitative estimate of drug-likeness (QED) is 0.838. The van der Waals surface area contributed by atoms with Crippen LogP contribution in [0.3, 0.4) is 0 Å². The maximum absolute atomic E-state index is 12.5. The fourth-order valence-electron chi connectivity index (χ4n) is 1.75. The molecule has 1 heterocycles. The molecule has 0 unspecified atom stereocenters. The van der Waals surface area contributed by atoms with Gasteiger partial charge in [-0.1, -0.05) is 18.3 Å². The first kappa shape index (κ1) is 14.8. The zero-order chi connectivity index (χ0) is 15.0. The van der Waals surface area contributed by atoms with Gasteiger partial charge in [0.2, 0.25) is 10.0 Å². The lowest BCUT2D eigenvalue weighted by Crippen LogP contribution is -2.51. The Bertz CT molecular complexity index is 765. The Labute approximate surface area is 123 Å². The number of nitrogens with two attached hydrogens (primary N) is 1. The summed E-state index contributed by atoms with van der Waals surface area (Å²) in [5, 5.41) is 0.557. The Morgan fingerprint density at radius 2 is 2.00 bits per heavy atom. The molecule has 0 saturated heterocycles. The minimum absolute atomic E-state index is 0.0828. The van der Waals surface area contributed by atoms with Crippen molar-refractivity contribution in [2.24, 2.45) is 5.73 Å². The molecule has 0 atom stereocenters. The number of hydrogen-bond acceptors (Lipinski definition) is 4. The zero-order valence-electron chi connectivity index (χ0n) is 11.1. The van der Waals surface area contributed by atoms with Crippen molar-refractivity contribution in [2.75, 3.05) is 0 Å². The van der Waals surface area contributed by atoms with Crippen LogP contribution in [-0.4, -0.2) is 23.9 Å². The Morgan fingerprint density at radius 3 is 2.65 bits per heavy atom. The van der Waals surface area contributed by atoms with E-state index in [0.717, 1.165) is 0 Å². The minimum Gasteiger partial charge on any atom is -0.392 e. The van der Waals surface area contributed by atoms with E-state index >= 15 is 0 Å². The number of thiocarbonyl (C=S) groups is 1. The van der Waals surface area contributed by atoms with Crippen LogP contribution in [0, 0.1) is 0 Å². The Hall–Kier alpha value is -1.57. The SMILES string of the molecule is CC(C)(NS(=O)(=O)c1cccc2ncccc12)C(N)=S. The maximum Gasteiger partial charge on any atom is 0.242 e. The lowest BCUT2D eigenvalue weighted by atomic mass is 10.1. The van der Waals surface area contributed by atoms with E-state index < -0.39 is 15.6 Å². The first-order valence-electron chi connectivity index (χ1n) is 5.92. The van der Waals surface area contributed by atoms with Gasteiger partial charge in [0.15, 0.2) is 0 Å². The van der Waals surface area contributed by atoms with E-state index in [1.807, 2.05) is 0 Å². The summed E-state index contributed by atoms with van der Waals surface area (Å²) >= 11 is 4.88. The molecule has 0 radical (unpaired) electrons.